The topological polar surface area (TPSA) is 57.6 Å². The second-order valence-corrected chi connectivity index (χ2v) is 6.88. The van der Waals surface area contributed by atoms with Gasteiger partial charge in [-0.3, -0.25) is 4.79 Å². The number of halogens is 2. The number of fused-ring (bicyclic) bond motifs is 1. The molecule has 3 atom stereocenters. The summed E-state index contributed by atoms with van der Waals surface area (Å²) in [7, 11) is 0. The highest BCUT2D eigenvalue weighted by Gasteiger charge is 2.47. The Labute approximate surface area is 139 Å². The Bertz CT molecular complexity index is 619. The summed E-state index contributed by atoms with van der Waals surface area (Å²) in [4.78, 5) is 26.0. The molecule has 1 aliphatic carbocycles. The summed E-state index contributed by atoms with van der Waals surface area (Å²) in [6.07, 6.45) is 4.54. The highest BCUT2D eigenvalue weighted by molar-refractivity contribution is 6.36. The van der Waals surface area contributed by atoms with Crippen LogP contribution in [0.5, 0.6) is 0 Å². The maximum atomic E-state index is 12.9. The first-order valence-electron chi connectivity index (χ1n) is 7.49. The van der Waals surface area contributed by atoms with E-state index in [4.69, 9.17) is 23.2 Å². The van der Waals surface area contributed by atoms with Crippen LogP contribution < -0.4 is 0 Å². The first kappa shape index (κ1) is 15.6. The van der Waals surface area contributed by atoms with Gasteiger partial charge in [0, 0.05) is 11.1 Å². The van der Waals surface area contributed by atoms with Gasteiger partial charge in [-0.05, 0) is 43.4 Å². The fraction of sp³-hybridized carbons (Fsp3) is 0.500. The molecule has 1 aromatic carbocycles. The molecule has 0 aromatic heterocycles. The minimum Gasteiger partial charge on any atom is -0.480 e. The van der Waals surface area contributed by atoms with Crippen LogP contribution in [0, 0.1) is 5.92 Å². The van der Waals surface area contributed by atoms with Gasteiger partial charge >= 0.3 is 5.97 Å². The van der Waals surface area contributed by atoms with Crippen molar-refractivity contribution in [1.82, 2.24) is 4.90 Å². The number of likely N-dealkylation sites (tertiary alicyclic amines) is 1. The quantitative estimate of drug-likeness (QED) is 0.888. The van der Waals surface area contributed by atoms with Crippen LogP contribution in [-0.4, -0.2) is 34.0 Å². The number of carbonyl (C=O) groups excluding carboxylic acids is 1. The number of carboxylic acids is 1. The predicted octanol–water partition coefficient (Wildman–Crippen LogP) is 3.85. The number of benzene rings is 1. The molecule has 118 valence electrons. The van der Waals surface area contributed by atoms with Gasteiger partial charge in [-0.1, -0.05) is 36.0 Å². The molecule has 1 heterocycles. The highest BCUT2D eigenvalue weighted by Crippen LogP contribution is 2.41. The highest BCUT2D eigenvalue weighted by atomic mass is 35.5. The molecule has 0 spiro atoms. The first-order valence-corrected chi connectivity index (χ1v) is 8.25. The number of carboxylic acid groups (broad SMARTS) is 1. The molecule has 1 saturated heterocycles. The molecule has 3 unspecified atom stereocenters. The lowest BCUT2D eigenvalue weighted by atomic mass is 9.84. The largest absolute Gasteiger partial charge is 0.480 e. The van der Waals surface area contributed by atoms with Crippen molar-refractivity contribution in [1.29, 1.82) is 0 Å². The van der Waals surface area contributed by atoms with E-state index < -0.39 is 12.0 Å². The summed E-state index contributed by atoms with van der Waals surface area (Å²) in [5.74, 6) is -0.957. The minimum atomic E-state index is -0.937. The van der Waals surface area contributed by atoms with Gasteiger partial charge in [-0.15, -0.1) is 0 Å². The Balaban J connectivity index is 1.95. The molecule has 0 bridgehead atoms. The summed E-state index contributed by atoms with van der Waals surface area (Å²) in [5.41, 5.74) is 0.323. The molecule has 6 heteroatoms. The zero-order chi connectivity index (χ0) is 15.9. The molecule has 1 saturated carbocycles. The molecular formula is C16H17Cl2NO3. The maximum Gasteiger partial charge on any atom is 0.326 e. The van der Waals surface area contributed by atoms with Crippen LogP contribution in [0.15, 0.2) is 18.2 Å². The molecule has 1 amide bonds. The monoisotopic (exact) mass is 341 g/mol. The lowest BCUT2D eigenvalue weighted by molar-refractivity contribution is -0.141. The number of aliphatic carboxylic acids is 1. The van der Waals surface area contributed by atoms with E-state index in [9.17, 15) is 14.7 Å². The third-order valence-corrected chi connectivity index (χ3v) is 5.32. The van der Waals surface area contributed by atoms with E-state index in [1.165, 1.54) is 6.07 Å². The summed E-state index contributed by atoms with van der Waals surface area (Å²) >= 11 is 12.0. The second kappa shape index (κ2) is 6.09. The van der Waals surface area contributed by atoms with E-state index in [-0.39, 0.29) is 22.9 Å². The third-order valence-electron chi connectivity index (χ3n) is 4.77. The van der Waals surface area contributed by atoms with E-state index >= 15 is 0 Å². The Hall–Kier alpha value is -1.26. The standard InChI is InChI=1S/C16H17Cl2NO3/c17-10-5-6-11(12(18)8-10)15(20)19-13-4-2-1-3-9(13)7-14(19)16(21)22/h5-6,8-9,13-14H,1-4,7H2,(H,21,22). The van der Waals surface area contributed by atoms with Crippen molar-refractivity contribution in [3.05, 3.63) is 33.8 Å². The van der Waals surface area contributed by atoms with E-state index in [1.807, 2.05) is 0 Å². The third kappa shape index (κ3) is 2.70. The number of amides is 1. The van der Waals surface area contributed by atoms with Gasteiger partial charge in [0.05, 0.1) is 10.6 Å². The molecule has 2 fully saturated rings. The fourth-order valence-corrected chi connectivity index (χ4v) is 4.26. The molecule has 0 radical (unpaired) electrons. The van der Waals surface area contributed by atoms with Crippen LogP contribution in [0.4, 0.5) is 0 Å². The Morgan fingerprint density at radius 3 is 2.59 bits per heavy atom. The molecule has 4 nitrogen and oxygen atoms in total. The normalized spacial score (nSPS) is 27.5. The van der Waals surface area contributed by atoms with Gasteiger partial charge in [0.2, 0.25) is 0 Å². The second-order valence-electron chi connectivity index (χ2n) is 6.04. The van der Waals surface area contributed by atoms with Crippen LogP contribution in [-0.2, 0) is 4.79 Å². The Morgan fingerprint density at radius 2 is 1.91 bits per heavy atom. The summed E-state index contributed by atoms with van der Waals surface area (Å²) in [5, 5.41) is 10.2. The lowest BCUT2D eigenvalue weighted by Crippen LogP contribution is -2.46. The SMILES string of the molecule is O=C(O)C1CC2CCCCC2N1C(=O)c1ccc(Cl)cc1Cl. The maximum absolute atomic E-state index is 12.9. The van der Waals surface area contributed by atoms with Gasteiger partial charge < -0.3 is 10.0 Å². The van der Waals surface area contributed by atoms with E-state index in [2.05, 4.69) is 0 Å². The Kier molecular flexibility index (Phi) is 4.33. The zero-order valence-electron chi connectivity index (χ0n) is 12.0. The van der Waals surface area contributed by atoms with Gasteiger partial charge in [0.1, 0.15) is 6.04 Å². The number of rotatable bonds is 2. The molecule has 3 rings (SSSR count). The lowest BCUT2D eigenvalue weighted by Gasteiger charge is -2.33. The van der Waals surface area contributed by atoms with Gasteiger partial charge in [-0.2, -0.15) is 0 Å². The summed E-state index contributed by atoms with van der Waals surface area (Å²) in [6, 6.07) is 3.94. The molecular weight excluding hydrogens is 325 g/mol. The minimum absolute atomic E-state index is 0.00842. The van der Waals surface area contributed by atoms with Crippen molar-refractivity contribution in [2.24, 2.45) is 5.92 Å². The van der Waals surface area contributed by atoms with Crippen LogP contribution in [0.25, 0.3) is 0 Å². The van der Waals surface area contributed by atoms with Crippen molar-refractivity contribution in [3.63, 3.8) is 0 Å². The molecule has 1 aliphatic heterocycles. The first-order chi connectivity index (χ1) is 10.5. The van der Waals surface area contributed by atoms with Gasteiger partial charge in [0.15, 0.2) is 0 Å². The Morgan fingerprint density at radius 1 is 1.18 bits per heavy atom. The molecule has 22 heavy (non-hydrogen) atoms. The van der Waals surface area contributed by atoms with Gasteiger partial charge in [-0.25, -0.2) is 4.79 Å². The summed E-state index contributed by atoms with van der Waals surface area (Å²) in [6.45, 7) is 0. The smallest absolute Gasteiger partial charge is 0.326 e. The molecule has 2 aliphatic rings. The van der Waals surface area contributed by atoms with E-state index in [1.54, 1.807) is 17.0 Å². The van der Waals surface area contributed by atoms with Gasteiger partial charge in [0.25, 0.3) is 5.91 Å². The van der Waals surface area contributed by atoms with E-state index in [0.29, 0.717) is 17.0 Å². The van der Waals surface area contributed by atoms with Crippen LogP contribution >= 0.6 is 23.2 Å². The average Bonchev–Trinajstić information content (AvgIpc) is 2.86. The van der Waals surface area contributed by atoms with Crippen molar-refractivity contribution in [2.45, 2.75) is 44.2 Å². The predicted molar refractivity (Wildman–Crippen MR) is 84.4 cm³/mol. The van der Waals surface area contributed by atoms with Crippen LogP contribution in [0.2, 0.25) is 10.0 Å². The number of hydrogen-bond donors (Lipinski definition) is 1. The fourth-order valence-electron chi connectivity index (χ4n) is 3.77. The summed E-state index contributed by atoms with van der Waals surface area (Å²) < 4.78 is 0. The average molecular weight is 342 g/mol. The molecule has 1 N–H and O–H groups in total. The van der Waals surface area contributed by atoms with E-state index in [0.717, 1.165) is 25.7 Å². The number of carbonyl (C=O) groups is 2. The van der Waals surface area contributed by atoms with Crippen LogP contribution in [0.3, 0.4) is 0 Å². The van der Waals surface area contributed by atoms with Crippen molar-refractivity contribution >= 4 is 35.1 Å². The van der Waals surface area contributed by atoms with Crippen LogP contribution in [0.1, 0.15) is 42.5 Å². The van der Waals surface area contributed by atoms with Crippen molar-refractivity contribution < 1.29 is 14.7 Å². The zero-order valence-corrected chi connectivity index (χ0v) is 13.5. The molecule has 1 aromatic rings. The number of hydrogen-bond acceptors (Lipinski definition) is 2. The van der Waals surface area contributed by atoms with Crippen molar-refractivity contribution in [3.8, 4) is 0 Å². The number of nitrogens with zero attached hydrogens (tertiary/aromatic N) is 1. The van der Waals surface area contributed by atoms with Crippen molar-refractivity contribution in [2.75, 3.05) is 0 Å².